The molecule has 0 saturated carbocycles. The van der Waals surface area contributed by atoms with Gasteiger partial charge in [-0.1, -0.05) is 0 Å². The molecule has 1 aromatic carbocycles. The standard InChI is InChI=1S/C15H25BrN2O2.2ClH/c1-5-20-14-10-12(9-13(16)15(14)19-4)11-17-7-6-8-18(2)3;;/h9-10,17H,5-8,11H2,1-4H3;2*1H. The van der Waals surface area contributed by atoms with Gasteiger partial charge in [0.2, 0.25) is 0 Å². The largest absolute Gasteiger partial charge is 0.492 e. The van der Waals surface area contributed by atoms with Crippen molar-refractivity contribution in [2.75, 3.05) is 40.9 Å². The molecule has 0 aliphatic rings. The molecule has 0 heterocycles. The zero-order chi connectivity index (χ0) is 15.0. The zero-order valence-corrected chi connectivity index (χ0v) is 16.9. The van der Waals surface area contributed by atoms with E-state index in [2.05, 4.69) is 46.3 Å². The van der Waals surface area contributed by atoms with Crippen molar-refractivity contribution >= 4 is 40.7 Å². The predicted molar refractivity (Wildman–Crippen MR) is 101 cm³/mol. The fourth-order valence-corrected chi connectivity index (χ4v) is 2.59. The third-order valence-electron chi connectivity index (χ3n) is 2.86. The quantitative estimate of drug-likeness (QED) is 0.620. The summed E-state index contributed by atoms with van der Waals surface area (Å²) in [6, 6.07) is 4.10. The number of hydrogen-bond acceptors (Lipinski definition) is 4. The van der Waals surface area contributed by atoms with Crippen LogP contribution in [0.5, 0.6) is 11.5 Å². The lowest BCUT2D eigenvalue weighted by molar-refractivity contribution is 0.309. The number of nitrogens with zero attached hydrogens (tertiary/aromatic N) is 1. The topological polar surface area (TPSA) is 33.7 Å². The number of hydrogen-bond donors (Lipinski definition) is 1. The Bertz CT molecular complexity index is 421. The molecule has 1 N–H and O–H groups in total. The maximum absolute atomic E-state index is 5.62. The second kappa shape index (κ2) is 13.3. The van der Waals surface area contributed by atoms with E-state index in [9.17, 15) is 0 Å². The van der Waals surface area contributed by atoms with Gasteiger partial charge in [0, 0.05) is 6.54 Å². The highest BCUT2D eigenvalue weighted by Crippen LogP contribution is 2.36. The van der Waals surface area contributed by atoms with Gasteiger partial charge in [-0.25, -0.2) is 0 Å². The lowest BCUT2D eigenvalue weighted by Crippen LogP contribution is -2.21. The van der Waals surface area contributed by atoms with Gasteiger partial charge in [-0.3, -0.25) is 0 Å². The molecule has 0 saturated heterocycles. The molecule has 0 amide bonds. The van der Waals surface area contributed by atoms with Gasteiger partial charge in [-0.05, 0) is 74.2 Å². The summed E-state index contributed by atoms with van der Waals surface area (Å²) >= 11 is 3.53. The van der Waals surface area contributed by atoms with E-state index in [0.29, 0.717) is 6.61 Å². The fourth-order valence-electron chi connectivity index (χ4n) is 1.94. The van der Waals surface area contributed by atoms with Gasteiger partial charge in [0.25, 0.3) is 0 Å². The van der Waals surface area contributed by atoms with E-state index in [4.69, 9.17) is 9.47 Å². The van der Waals surface area contributed by atoms with Crippen LogP contribution in [0.4, 0.5) is 0 Å². The molecule has 7 heteroatoms. The summed E-state index contributed by atoms with van der Waals surface area (Å²) < 4.78 is 11.9. The van der Waals surface area contributed by atoms with Crippen LogP contribution in [-0.4, -0.2) is 45.8 Å². The molecule has 0 radical (unpaired) electrons. The smallest absolute Gasteiger partial charge is 0.174 e. The minimum atomic E-state index is 0. The number of nitrogens with one attached hydrogen (secondary N) is 1. The number of ether oxygens (including phenoxy) is 2. The van der Waals surface area contributed by atoms with Crippen LogP contribution in [0.2, 0.25) is 0 Å². The first-order valence-corrected chi connectivity index (χ1v) is 7.72. The Kier molecular flexibility index (Phi) is 14.5. The Balaban J connectivity index is 0. The molecule has 0 bridgehead atoms. The second-order valence-corrected chi connectivity index (χ2v) is 5.73. The molecule has 0 aromatic heterocycles. The van der Waals surface area contributed by atoms with Crippen LogP contribution in [0.15, 0.2) is 16.6 Å². The Labute approximate surface area is 154 Å². The van der Waals surface area contributed by atoms with Gasteiger partial charge < -0.3 is 19.7 Å². The third-order valence-corrected chi connectivity index (χ3v) is 3.45. The third kappa shape index (κ3) is 8.44. The number of methoxy groups -OCH3 is 1. The number of benzene rings is 1. The van der Waals surface area contributed by atoms with Gasteiger partial charge in [-0.15, -0.1) is 24.8 Å². The van der Waals surface area contributed by atoms with E-state index in [0.717, 1.165) is 42.0 Å². The highest BCUT2D eigenvalue weighted by atomic mass is 79.9. The van der Waals surface area contributed by atoms with E-state index >= 15 is 0 Å². The maximum Gasteiger partial charge on any atom is 0.174 e. The monoisotopic (exact) mass is 416 g/mol. The molecule has 1 aromatic rings. The summed E-state index contributed by atoms with van der Waals surface area (Å²) in [5.41, 5.74) is 1.19. The summed E-state index contributed by atoms with van der Waals surface area (Å²) in [4.78, 5) is 2.19. The normalized spacial score (nSPS) is 9.91. The van der Waals surface area contributed by atoms with Crippen LogP contribution in [0.1, 0.15) is 18.9 Å². The van der Waals surface area contributed by atoms with Crippen LogP contribution in [-0.2, 0) is 6.54 Å². The predicted octanol–water partition coefficient (Wildman–Crippen LogP) is 3.74. The molecule has 1 rings (SSSR count). The first-order valence-electron chi connectivity index (χ1n) is 6.93. The Morgan fingerprint density at radius 1 is 1.23 bits per heavy atom. The van der Waals surface area contributed by atoms with E-state index in [1.165, 1.54) is 5.56 Å². The van der Waals surface area contributed by atoms with Crippen molar-refractivity contribution in [3.05, 3.63) is 22.2 Å². The lowest BCUT2D eigenvalue weighted by atomic mass is 10.2. The molecule has 4 nitrogen and oxygen atoms in total. The molecule has 0 aliphatic carbocycles. The van der Waals surface area contributed by atoms with Crippen molar-refractivity contribution in [2.45, 2.75) is 19.9 Å². The summed E-state index contributed by atoms with van der Waals surface area (Å²) in [7, 11) is 5.84. The summed E-state index contributed by atoms with van der Waals surface area (Å²) in [5.74, 6) is 1.54. The van der Waals surface area contributed by atoms with E-state index in [-0.39, 0.29) is 24.8 Å². The Morgan fingerprint density at radius 2 is 1.91 bits per heavy atom. The van der Waals surface area contributed by atoms with Gasteiger partial charge in [-0.2, -0.15) is 0 Å². The SMILES string of the molecule is CCOc1cc(CNCCCN(C)C)cc(Br)c1OC.Cl.Cl. The molecular weight excluding hydrogens is 391 g/mol. The molecular formula is C15H27BrCl2N2O2. The molecule has 0 fully saturated rings. The first-order chi connectivity index (χ1) is 9.58. The highest BCUT2D eigenvalue weighted by molar-refractivity contribution is 9.10. The van der Waals surface area contributed by atoms with Gasteiger partial charge in [0.05, 0.1) is 18.2 Å². The van der Waals surface area contributed by atoms with Crippen molar-refractivity contribution in [3.8, 4) is 11.5 Å². The van der Waals surface area contributed by atoms with E-state index < -0.39 is 0 Å². The zero-order valence-electron chi connectivity index (χ0n) is 13.6. The summed E-state index contributed by atoms with van der Waals surface area (Å²) in [5, 5.41) is 3.45. The molecule has 22 heavy (non-hydrogen) atoms. The molecule has 0 spiro atoms. The van der Waals surface area contributed by atoms with Crippen LogP contribution in [0.3, 0.4) is 0 Å². The van der Waals surface area contributed by atoms with E-state index in [1.807, 2.05) is 13.0 Å². The highest BCUT2D eigenvalue weighted by Gasteiger charge is 2.10. The summed E-state index contributed by atoms with van der Waals surface area (Å²) in [6.45, 7) is 5.54. The minimum Gasteiger partial charge on any atom is -0.492 e. The number of rotatable bonds is 9. The van der Waals surface area contributed by atoms with Gasteiger partial charge in [0.15, 0.2) is 11.5 Å². The molecule has 0 atom stereocenters. The van der Waals surface area contributed by atoms with Crippen LogP contribution < -0.4 is 14.8 Å². The van der Waals surface area contributed by atoms with Crippen molar-refractivity contribution < 1.29 is 9.47 Å². The van der Waals surface area contributed by atoms with Crippen LogP contribution in [0, 0.1) is 0 Å². The fraction of sp³-hybridized carbons (Fsp3) is 0.600. The Hall–Kier alpha value is -0.200. The first kappa shape index (κ1) is 24.1. The molecule has 0 unspecified atom stereocenters. The van der Waals surface area contributed by atoms with Gasteiger partial charge in [0.1, 0.15) is 0 Å². The average molecular weight is 418 g/mol. The molecule has 130 valence electrons. The van der Waals surface area contributed by atoms with Gasteiger partial charge >= 0.3 is 0 Å². The van der Waals surface area contributed by atoms with Crippen LogP contribution >= 0.6 is 40.7 Å². The van der Waals surface area contributed by atoms with Crippen molar-refractivity contribution in [2.24, 2.45) is 0 Å². The lowest BCUT2D eigenvalue weighted by Gasteiger charge is -2.14. The van der Waals surface area contributed by atoms with Crippen molar-refractivity contribution in [3.63, 3.8) is 0 Å². The Morgan fingerprint density at radius 3 is 2.45 bits per heavy atom. The van der Waals surface area contributed by atoms with Crippen molar-refractivity contribution in [1.82, 2.24) is 10.2 Å². The van der Waals surface area contributed by atoms with Crippen LogP contribution in [0.25, 0.3) is 0 Å². The van der Waals surface area contributed by atoms with E-state index in [1.54, 1.807) is 7.11 Å². The molecule has 0 aliphatic heterocycles. The summed E-state index contributed by atoms with van der Waals surface area (Å²) in [6.07, 6.45) is 1.14. The average Bonchev–Trinajstić information content (AvgIpc) is 2.38. The second-order valence-electron chi connectivity index (χ2n) is 4.88. The maximum atomic E-state index is 5.62. The van der Waals surface area contributed by atoms with Crippen molar-refractivity contribution in [1.29, 1.82) is 0 Å². The number of halogens is 3. The minimum absolute atomic E-state index is 0.